The number of phenols is 1. The SMILES string of the molecule is CCCC[C@H]1C(=O)N(C)[C@@H](CCCC)C(=O)N[C@@H](CN)C(=O)N[C@H](C(=O)NCC(N)=O)CSCC(=O)N[C@@H](Cc2ccc(O)cc2)C(=O)N2CCCC[C@H]2C(=O)N[C@@H](CC(N)=O)C(=O)N2CCC[C@H]2C(=O)N[C@@H](CN)C(=O)N[C@@H](CCC(=O)O)C(=O)N2C[C@H](O)C[C@H]2C(=O)N[C@@H](Cc2c[nH]c3ccccc23)C(=O)N[C@@H](CCN)C(=O)N[C@@H](Cc2cn(CC(=O)O)c3ccccc23)C(=O)N1C. The van der Waals surface area contributed by atoms with Crippen molar-refractivity contribution in [3.63, 3.8) is 0 Å². The summed E-state index contributed by atoms with van der Waals surface area (Å²) in [6.07, 6.45) is -0.496. The van der Waals surface area contributed by atoms with E-state index in [1.54, 1.807) is 61.7 Å². The van der Waals surface area contributed by atoms with Crippen molar-refractivity contribution in [2.45, 2.75) is 233 Å². The molecule has 5 aromatic rings. The van der Waals surface area contributed by atoms with Gasteiger partial charge in [0.1, 0.15) is 96.9 Å². The minimum atomic E-state index is -1.85. The van der Waals surface area contributed by atoms with Crippen LogP contribution in [0.5, 0.6) is 5.75 Å². The van der Waals surface area contributed by atoms with Gasteiger partial charge in [-0.25, -0.2) is 0 Å². The first-order valence-electron chi connectivity index (χ1n) is 45.1. The number of rotatable bonds is 26. The van der Waals surface area contributed by atoms with E-state index in [9.17, 15) is 78.0 Å². The maximum absolute atomic E-state index is 15.9. The Kier molecular flexibility index (Phi) is 39.1. The number of thioether (sulfide) groups is 1. The Hall–Kier alpha value is -13.3. The largest absolute Gasteiger partial charge is 0.508 e. The number of phenolic OH excluding ortho intramolecular Hbond substituents is 1. The van der Waals surface area contributed by atoms with Crippen molar-refractivity contribution in [1.82, 2.24) is 87.2 Å². The number of hydrogen-bond acceptors (Lipinski definition) is 25. The van der Waals surface area contributed by atoms with Crippen molar-refractivity contribution in [1.29, 1.82) is 0 Å². The number of amides is 17. The number of aliphatic hydroxyl groups excluding tert-OH is 1. The molecular weight excluding hydrogens is 1780 g/mol. The second-order valence-corrected chi connectivity index (χ2v) is 35.2. The van der Waals surface area contributed by atoms with Crippen LogP contribution in [-0.2, 0) is 117 Å². The fraction of sp³-hybridized carbons (Fsp3) is 0.539. The molecule has 0 aliphatic carbocycles. The molecule has 15 atom stereocenters. The fourth-order valence-corrected chi connectivity index (χ4v) is 18.1. The third-order valence-corrected chi connectivity index (χ3v) is 25.4. The van der Waals surface area contributed by atoms with Crippen LogP contribution in [0.25, 0.3) is 21.8 Å². The van der Waals surface area contributed by atoms with Gasteiger partial charge < -0.3 is 136 Å². The Balaban J connectivity index is 1.10. The number of aromatic nitrogens is 2. The minimum absolute atomic E-state index is 0.0253. The zero-order valence-electron chi connectivity index (χ0n) is 75.8. The van der Waals surface area contributed by atoms with Gasteiger partial charge in [-0.1, -0.05) is 88.1 Å². The maximum Gasteiger partial charge on any atom is 0.323 e. The lowest BCUT2D eigenvalue weighted by molar-refractivity contribution is -0.149. The molecule has 25 N–H and O–H groups in total. The zero-order chi connectivity index (χ0) is 98.6. The number of carboxylic acid groups (broad SMARTS) is 2. The summed E-state index contributed by atoms with van der Waals surface area (Å²) in [6.45, 7) is -0.167. The van der Waals surface area contributed by atoms with Crippen LogP contribution in [-0.4, -0.2) is 329 Å². The Morgan fingerprint density at radius 2 is 1.04 bits per heavy atom. The van der Waals surface area contributed by atoms with Crippen LogP contribution in [0.4, 0.5) is 0 Å². The van der Waals surface area contributed by atoms with E-state index in [4.69, 9.17) is 28.7 Å². The number of nitrogens with two attached hydrogens (primary N) is 5. The second kappa shape index (κ2) is 50.1. The first kappa shape index (κ1) is 105. The number of hydrogen-bond donors (Lipinski definition) is 20. The summed E-state index contributed by atoms with van der Waals surface area (Å²) < 4.78 is 1.41. The topological polar surface area (TPSA) is 693 Å². The second-order valence-electron chi connectivity index (χ2n) is 34.1. The van der Waals surface area contributed by atoms with Crippen molar-refractivity contribution in [3.8, 4) is 5.75 Å². The summed E-state index contributed by atoms with van der Waals surface area (Å²) in [6, 6.07) is -3.57. The highest BCUT2D eigenvalue weighted by Crippen LogP contribution is 2.30. The maximum atomic E-state index is 15.9. The molecule has 2 aromatic heterocycles. The van der Waals surface area contributed by atoms with Crippen molar-refractivity contribution in [2.75, 3.05) is 71.4 Å². The predicted molar refractivity (Wildman–Crippen MR) is 489 cm³/mol. The quantitative estimate of drug-likeness (QED) is 0.0247. The number of H-pyrrole nitrogens is 1. The van der Waals surface area contributed by atoms with E-state index in [0.29, 0.717) is 70.6 Å². The van der Waals surface area contributed by atoms with Crippen LogP contribution in [0, 0.1) is 0 Å². The lowest BCUT2D eigenvalue weighted by atomic mass is 9.97. The molecule has 0 saturated carbocycles. The number of nitrogens with zero attached hydrogens (tertiary/aromatic N) is 6. The number of fused-ring (bicyclic) bond motifs is 5. The smallest absolute Gasteiger partial charge is 0.323 e. The number of aliphatic carboxylic acids is 2. The van der Waals surface area contributed by atoms with E-state index in [-0.39, 0.29) is 83.2 Å². The van der Waals surface area contributed by atoms with Gasteiger partial charge in [0.05, 0.1) is 24.8 Å². The third-order valence-electron chi connectivity index (χ3n) is 24.3. The number of aromatic hydroxyl groups is 1. The summed E-state index contributed by atoms with van der Waals surface area (Å²) in [5, 5.41) is 68.5. The third kappa shape index (κ3) is 28.6. The van der Waals surface area contributed by atoms with Gasteiger partial charge in [-0.2, -0.15) is 0 Å². The summed E-state index contributed by atoms with van der Waals surface area (Å²) in [5.74, 6) is -20.7. The van der Waals surface area contributed by atoms with E-state index in [2.05, 4.69) is 58.2 Å². The van der Waals surface area contributed by atoms with Gasteiger partial charge in [0.25, 0.3) is 0 Å². The molecule has 0 radical (unpaired) electrons. The summed E-state index contributed by atoms with van der Waals surface area (Å²) in [5.41, 5.74) is 31.9. The number of carbonyl (C=O) groups excluding carboxylic acids is 17. The van der Waals surface area contributed by atoms with Crippen LogP contribution in [0.2, 0.25) is 0 Å². The van der Waals surface area contributed by atoms with Crippen LogP contribution < -0.4 is 81.8 Å². The normalized spacial score (nSPS) is 25.2. The number of para-hydroxylation sites is 2. The van der Waals surface area contributed by atoms with Gasteiger partial charge in [-0.3, -0.25) is 91.1 Å². The lowest BCUT2D eigenvalue weighted by Gasteiger charge is -2.38. The number of carboxylic acids is 2. The predicted octanol–water partition coefficient (Wildman–Crippen LogP) is -4.97. The molecular formula is C89H124N22O23S. The lowest BCUT2D eigenvalue weighted by Crippen LogP contribution is -2.62. The van der Waals surface area contributed by atoms with Crippen molar-refractivity contribution < 1.29 is 112 Å². The molecule has 3 aromatic carbocycles. The molecule has 45 nitrogen and oxygen atoms in total. The number of nitrogens with one attached hydrogen (secondary N) is 11. The van der Waals surface area contributed by atoms with Gasteiger partial charge >= 0.3 is 11.9 Å². The number of carbonyl (C=O) groups is 19. The Morgan fingerprint density at radius 3 is 1.67 bits per heavy atom. The number of aliphatic hydroxyl groups is 1. The molecule has 46 heteroatoms. The van der Waals surface area contributed by atoms with Crippen LogP contribution in [0.3, 0.4) is 0 Å². The molecule has 135 heavy (non-hydrogen) atoms. The van der Waals surface area contributed by atoms with Crippen molar-refractivity contribution in [3.05, 3.63) is 102 Å². The summed E-state index contributed by atoms with van der Waals surface area (Å²) in [4.78, 5) is 283. The molecule has 4 aliphatic rings. The molecule has 17 amide bonds. The van der Waals surface area contributed by atoms with Crippen LogP contribution in [0.1, 0.15) is 133 Å². The molecule has 6 heterocycles. The van der Waals surface area contributed by atoms with Gasteiger partial charge in [-0.15, -0.1) is 11.8 Å². The van der Waals surface area contributed by atoms with Crippen LogP contribution in [0.15, 0.2) is 85.2 Å². The number of benzene rings is 3. The average Bonchev–Trinajstić information content (AvgIpc) is 1.70. The highest BCUT2D eigenvalue weighted by atomic mass is 32.2. The van der Waals surface area contributed by atoms with Crippen LogP contribution >= 0.6 is 11.8 Å². The van der Waals surface area contributed by atoms with Gasteiger partial charge in [-0.05, 0) is 105 Å². The van der Waals surface area contributed by atoms with Crippen molar-refractivity contribution >= 4 is 146 Å². The number of aromatic amines is 1. The Bertz CT molecular complexity index is 5150. The fourth-order valence-electron chi connectivity index (χ4n) is 17.2. The standard InChI is InChI=1S/C89H124N22O23S/c1-5-7-19-66-81(126)103-63(40-92)80(125)105-64(76(121)96-42-72(94)115)46-135-47-73(116)97-59(34-48-24-26-51(112)27-25-48)87(132)109-32-14-13-22-67(109)82(127)102-61(38-71(93)114)88(133)110-33-15-23-68(110)83(128)104-62(39-91)79(124)99-57(28-29-74(117)118)86(131)111-44-52(113)37-70(111)84(129)100-58(35-49-41-95-55-18-11-9-16-53(49)55)78(123)98-56(30-31-90)77(122)101-60(85(130)107(4)69(20-8-6-2)89(134)106(66)3)36-50-43-108(45-75(119)120)65-21-12-10-17-54(50)65/h9-12,16-18,21,24-27,41,43,52,56-64,66-70,95,112-113H,5-8,13-15,19-20,22-23,28-40,42,44-47,90-92H2,1-4H3,(H2,93,114)(H2,94,115)(H,96,121)(H,97,116)(H,98,123)(H,99,124)(H,100,129)(H,101,122)(H,102,127)(H,103,126)(H,104,128)(H,105,125)(H,117,118)(H,119,120)/t52-,56+,57+,58+,59+,60+,61+,62+,63+,64+,66+,67+,68+,69+,70+/m1/s1. The molecule has 4 fully saturated rings. The number of unbranched alkanes of at least 4 members (excludes halogenated alkanes) is 2. The zero-order valence-corrected chi connectivity index (χ0v) is 76.6. The molecule has 0 unspecified atom stereocenters. The van der Waals surface area contributed by atoms with Gasteiger partial charge in [0, 0.05) is 119 Å². The number of primary amides is 2. The molecule has 734 valence electrons. The Labute approximate surface area is 781 Å². The average molecular weight is 1900 g/mol. The van der Waals surface area contributed by atoms with Gasteiger partial charge in [0.2, 0.25) is 100 Å². The van der Waals surface area contributed by atoms with E-state index < -0.39 is 279 Å². The molecule has 4 saturated heterocycles. The molecule has 9 rings (SSSR count). The molecule has 4 aliphatic heterocycles. The molecule has 0 bridgehead atoms. The monoisotopic (exact) mass is 1900 g/mol. The van der Waals surface area contributed by atoms with Gasteiger partial charge in [0.15, 0.2) is 0 Å². The Morgan fingerprint density at radius 1 is 0.504 bits per heavy atom. The first-order valence-corrected chi connectivity index (χ1v) is 46.3. The molecule has 0 spiro atoms. The van der Waals surface area contributed by atoms with E-state index in [1.165, 1.54) is 54.0 Å². The van der Waals surface area contributed by atoms with E-state index in [0.717, 1.165) is 31.4 Å². The minimum Gasteiger partial charge on any atom is -0.508 e. The van der Waals surface area contributed by atoms with Crippen molar-refractivity contribution in [2.24, 2.45) is 28.7 Å². The van der Waals surface area contributed by atoms with E-state index >= 15 is 33.6 Å². The number of likely N-dealkylation sites (N-methyl/N-ethyl adjacent to an activating group) is 2. The highest BCUT2D eigenvalue weighted by Gasteiger charge is 2.47. The first-order chi connectivity index (χ1) is 64.4. The summed E-state index contributed by atoms with van der Waals surface area (Å²) >= 11 is 0.753. The highest BCUT2D eigenvalue weighted by molar-refractivity contribution is 8.00. The van der Waals surface area contributed by atoms with E-state index in [1.807, 2.05) is 6.92 Å². The summed E-state index contributed by atoms with van der Waals surface area (Å²) in [7, 11) is 2.60. The number of piperidine rings is 1.